The Morgan fingerprint density at radius 1 is 1.30 bits per heavy atom. The van der Waals surface area contributed by atoms with Crippen molar-refractivity contribution in [2.24, 2.45) is 0 Å². The fraction of sp³-hybridized carbons (Fsp3) is 0.250. The number of hydrogen-bond acceptors (Lipinski definition) is 5. The third-order valence-corrected chi connectivity index (χ3v) is 3.02. The first-order chi connectivity index (χ1) is 10.9. The number of fused-ring (bicyclic) bond motifs is 1. The maximum Gasteiger partial charge on any atom is 0.416 e. The van der Waals surface area contributed by atoms with Crippen molar-refractivity contribution in [3.63, 3.8) is 0 Å². The number of halogens is 3. The van der Waals surface area contributed by atoms with Crippen LogP contribution in [-0.2, 0) is 24.1 Å². The number of aromatic nitrogens is 6. The zero-order valence-corrected chi connectivity index (χ0v) is 11.5. The van der Waals surface area contributed by atoms with Gasteiger partial charge in [-0.2, -0.15) is 18.3 Å². The third-order valence-electron chi connectivity index (χ3n) is 3.02. The average molecular weight is 325 g/mol. The SMILES string of the molecule is O=C(Cn1cncn1)NCc1nnc2cc(C(F)(F)F)ccn12. The van der Waals surface area contributed by atoms with E-state index in [0.29, 0.717) is 5.82 Å². The Hall–Kier alpha value is -2.98. The Kier molecular flexibility index (Phi) is 3.68. The summed E-state index contributed by atoms with van der Waals surface area (Å²) >= 11 is 0. The average Bonchev–Trinajstić information content (AvgIpc) is 3.13. The molecule has 0 radical (unpaired) electrons. The molecule has 0 spiro atoms. The van der Waals surface area contributed by atoms with E-state index < -0.39 is 11.7 Å². The van der Waals surface area contributed by atoms with Gasteiger partial charge in [-0.15, -0.1) is 10.2 Å². The molecule has 11 heteroatoms. The molecule has 0 saturated heterocycles. The first kappa shape index (κ1) is 14.9. The van der Waals surface area contributed by atoms with Crippen molar-refractivity contribution in [3.8, 4) is 0 Å². The van der Waals surface area contributed by atoms with Gasteiger partial charge in [-0.1, -0.05) is 0 Å². The second-order valence-electron chi connectivity index (χ2n) is 4.63. The molecule has 1 N–H and O–H groups in total. The molecule has 1 amide bonds. The lowest BCUT2D eigenvalue weighted by molar-refractivity contribution is -0.137. The van der Waals surface area contributed by atoms with Crippen LogP contribution in [0.5, 0.6) is 0 Å². The van der Waals surface area contributed by atoms with E-state index in [2.05, 4.69) is 25.6 Å². The van der Waals surface area contributed by atoms with Crippen molar-refractivity contribution in [2.75, 3.05) is 0 Å². The van der Waals surface area contributed by atoms with Gasteiger partial charge in [-0.25, -0.2) is 9.67 Å². The van der Waals surface area contributed by atoms with Gasteiger partial charge in [0.25, 0.3) is 0 Å². The van der Waals surface area contributed by atoms with E-state index in [1.54, 1.807) is 0 Å². The van der Waals surface area contributed by atoms with Crippen LogP contribution in [0.1, 0.15) is 11.4 Å². The molecular formula is C12H10F3N7O. The number of alkyl halides is 3. The molecule has 0 aliphatic heterocycles. The van der Waals surface area contributed by atoms with Crippen LogP contribution in [0.25, 0.3) is 5.65 Å². The van der Waals surface area contributed by atoms with Crippen LogP contribution in [-0.4, -0.2) is 35.3 Å². The number of amides is 1. The molecule has 3 aromatic rings. The molecule has 3 aromatic heterocycles. The summed E-state index contributed by atoms with van der Waals surface area (Å²) in [4.78, 5) is 15.4. The van der Waals surface area contributed by atoms with Crippen LogP contribution < -0.4 is 5.32 Å². The first-order valence-corrected chi connectivity index (χ1v) is 6.43. The van der Waals surface area contributed by atoms with Crippen LogP contribution in [0.3, 0.4) is 0 Å². The van der Waals surface area contributed by atoms with E-state index in [1.165, 1.54) is 27.9 Å². The Morgan fingerprint density at radius 3 is 2.83 bits per heavy atom. The van der Waals surface area contributed by atoms with Gasteiger partial charge in [0.1, 0.15) is 19.2 Å². The Bertz CT molecular complexity index is 825. The third kappa shape index (κ3) is 3.27. The lowest BCUT2D eigenvalue weighted by Crippen LogP contribution is -2.28. The Morgan fingerprint density at radius 2 is 2.13 bits per heavy atom. The number of carbonyl (C=O) groups is 1. The standard InChI is InChI=1S/C12H10F3N7O/c13-12(14,15)8-1-2-22-9(3-8)19-20-10(22)4-17-11(23)5-21-7-16-6-18-21/h1-3,6-7H,4-5H2,(H,17,23). The summed E-state index contributed by atoms with van der Waals surface area (Å²) in [5.41, 5.74) is -0.750. The van der Waals surface area contributed by atoms with E-state index in [-0.39, 0.29) is 24.6 Å². The van der Waals surface area contributed by atoms with Crippen molar-refractivity contribution in [1.82, 2.24) is 34.7 Å². The molecule has 0 bridgehead atoms. The molecule has 23 heavy (non-hydrogen) atoms. The summed E-state index contributed by atoms with van der Waals surface area (Å²) in [7, 11) is 0. The van der Waals surface area contributed by atoms with Crippen LogP contribution in [0.15, 0.2) is 31.0 Å². The summed E-state index contributed by atoms with van der Waals surface area (Å²) in [5, 5.41) is 13.8. The minimum absolute atomic E-state index is 0.0189. The van der Waals surface area contributed by atoms with Gasteiger partial charge in [0.05, 0.1) is 12.1 Å². The summed E-state index contributed by atoms with van der Waals surface area (Å²) in [6.45, 7) is 0.00895. The minimum atomic E-state index is -4.44. The summed E-state index contributed by atoms with van der Waals surface area (Å²) in [6.07, 6.45) is -0.529. The van der Waals surface area contributed by atoms with Crippen molar-refractivity contribution in [3.05, 3.63) is 42.4 Å². The zero-order valence-electron chi connectivity index (χ0n) is 11.5. The monoisotopic (exact) mass is 325 g/mol. The summed E-state index contributed by atoms with van der Waals surface area (Å²) in [5.74, 6) is -0.0140. The van der Waals surface area contributed by atoms with E-state index in [9.17, 15) is 18.0 Å². The molecule has 0 aromatic carbocycles. The highest BCUT2D eigenvalue weighted by Gasteiger charge is 2.31. The fourth-order valence-electron chi connectivity index (χ4n) is 1.93. The summed E-state index contributed by atoms with van der Waals surface area (Å²) < 4.78 is 40.6. The van der Waals surface area contributed by atoms with E-state index >= 15 is 0 Å². The van der Waals surface area contributed by atoms with Crippen molar-refractivity contribution in [2.45, 2.75) is 19.3 Å². The van der Waals surface area contributed by atoms with Crippen LogP contribution in [0.2, 0.25) is 0 Å². The molecule has 3 rings (SSSR count). The minimum Gasteiger partial charge on any atom is -0.347 e. The molecule has 0 aliphatic rings. The molecular weight excluding hydrogens is 315 g/mol. The van der Waals surface area contributed by atoms with Gasteiger partial charge in [-0.05, 0) is 12.1 Å². The van der Waals surface area contributed by atoms with Gasteiger partial charge in [0, 0.05) is 6.20 Å². The molecule has 0 fully saturated rings. The Balaban J connectivity index is 1.70. The number of nitrogens with one attached hydrogen (secondary N) is 1. The van der Waals surface area contributed by atoms with Crippen molar-refractivity contribution >= 4 is 11.6 Å². The zero-order chi connectivity index (χ0) is 16.4. The van der Waals surface area contributed by atoms with E-state index in [4.69, 9.17) is 0 Å². The smallest absolute Gasteiger partial charge is 0.347 e. The van der Waals surface area contributed by atoms with E-state index in [0.717, 1.165) is 12.1 Å². The number of hydrogen-bond donors (Lipinski definition) is 1. The highest BCUT2D eigenvalue weighted by atomic mass is 19.4. The summed E-state index contributed by atoms with van der Waals surface area (Å²) in [6, 6.07) is 1.82. The fourth-order valence-corrected chi connectivity index (χ4v) is 1.93. The predicted molar refractivity (Wildman–Crippen MR) is 69.9 cm³/mol. The first-order valence-electron chi connectivity index (χ1n) is 6.43. The lowest BCUT2D eigenvalue weighted by atomic mass is 10.2. The maximum absolute atomic E-state index is 12.6. The van der Waals surface area contributed by atoms with Crippen molar-refractivity contribution < 1.29 is 18.0 Å². The normalized spacial score (nSPS) is 11.8. The molecule has 0 atom stereocenters. The second-order valence-corrected chi connectivity index (χ2v) is 4.63. The van der Waals surface area contributed by atoms with Crippen LogP contribution in [0, 0.1) is 0 Å². The van der Waals surface area contributed by atoms with Gasteiger partial charge in [0.15, 0.2) is 11.5 Å². The number of carbonyl (C=O) groups excluding carboxylic acids is 1. The van der Waals surface area contributed by atoms with Crippen LogP contribution in [0.4, 0.5) is 13.2 Å². The topological polar surface area (TPSA) is 90.0 Å². The molecule has 0 saturated carbocycles. The second kappa shape index (κ2) is 5.66. The van der Waals surface area contributed by atoms with Gasteiger partial charge in [-0.3, -0.25) is 9.20 Å². The number of nitrogens with zero attached hydrogens (tertiary/aromatic N) is 6. The predicted octanol–water partition coefficient (Wildman–Crippen LogP) is 0.656. The Labute approximate surface area is 127 Å². The molecule has 0 aliphatic carbocycles. The van der Waals surface area contributed by atoms with Crippen LogP contribution >= 0.6 is 0 Å². The van der Waals surface area contributed by atoms with E-state index in [1.807, 2.05) is 0 Å². The van der Waals surface area contributed by atoms with Gasteiger partial charge >= 0.3 is 6.18 Å². The highest BCUT2D eigenvalue weighted by molar-refractivity contribution is 5.75. The maximum atomic E-state index is 12.6. The molecule has 0 unspecified atom stereocenters. The largest absolute Gasteiger partial charge is 0.416 e. The lowest BCUT2D eigenvalue weighted by Gasteiger charge is -2.07. The number of rotatable bonds is 4. The highest BCUT2D eigenvalue weighted by Crippen LogP contribution is 2.29. The number of pyridine rings is 1. The molecule has 8 nitrogen and oxygen atoms in total. The van der Waals surface area contributed by atoms with Gasteiger partial charge in [0.2, 0.25) is 5.91 Å². The quantitative estimate of drug-likeness (QED) is 0.761. The molecule has 120 valence electrons. The van der Waals surface area contributed by atoms with Gasteiger partial charge < -0.3 is 5.32 Å². The van der Waals surface area contributed by atoms with Crippen molar-refractivity contribution in [1.29, 1.82) is 0 Å². The molecule has 3 heterocycles.